The van der Waals surface area contributed by atoms with Crippen molar-refractivity contribution in [3.63, 3.8) is 0 Å². The van der Waals surface area contributed by atoms with Crippen LogP contribution in [-0.4, -0.2) is 53.9 Å². The summed E-state index contributed by atoms with van der Waals surface area (Å²) in [6, 6.07) is 7.64. The van der Waals surface area contributed by atoms with Crippen molar-refractivity contribution in [3.05, 3.63) is 42.0 Å². The number of hydrogen-bond acceptors (Lipinski definition) is 7. The van der Waals surface area contributed by atoms with Crippen molar-refractivity contribution in [2.24, 2.45) is 0 Å². The van der Waals surface area contributed by atoms with Gasteiger partial charge in [-0.05, 0) is 32.0 Å². The molecule has 4 rings (SSSR count). The van der Waals surface area contributed by atoms with Crippen molar-refractivity contribution in [2.75, 3.05) is 19.9 Å². The fourth-order valence-electron chi connectivity index (χ4n) is 3.55. The van der Waals surface area contributed by atoms with E-state index in [1.165, 1.54) is 6.26 Å². The smallest absolute Gasteiger partial charge is 0.227 e. The van der Waals surface area contributed by atoms with Crippen LogP contribution in [0, 0.1) is 0 Å². The van der Waals surface area contributed by atoms with Crippen LogP contribution >= 0.6 is 0 Å². The molecule has 1 saturated heterocycles. The molecule has 0 saturated carbocycles. The standard InChI is InChI=1S/C19H24N4O4S/c1-22(13-18-21-16-7-3-4-8-17(16)27-18)11-14-10-20-19(28(2,24)25)23(14)12-15-6-5-9-26-15/h3-4,7-8,10,15H,5-6,9,11-13H2,1-2H3/t15-/m1/s1. The van der Waals surface area contributed by atoms with Gasteiger partial charge in [-0.15, -0.1) is 0 Å². The van der Waals surface area contributed by atoms with Gasteiger partial charge in [0, 0.05) is 19.4 Å². The van der Waals surface area contributed by atoms with Gasteiger partial charge in [0.25, 0.3) is 0 Å². The second kappa shape index (κ2) is 7.65. The van der Waals surface area contributed by atoms with Gasteiger partial charge in [-0.1, -0.05) is 12.1 Å². The van der Waals surface area contributed by atoms with E-state index in [0.29, 0.717) is 25.5 Å². The fourth-order valence-corrected chi connectivity index (χ4v) is 4.39. The number of oxazole rings is 1. The van der Waals surface area contributed by atoms with Gasteiger partial charge < -0.3 is 13.7 Å². The molecule has 1 aliphatic rings. The summed E-state index contributed by atoms with van der Waals surface area (Å²) in [5.41, 5.74) is 2.41. The Morgan fingerprint density at radius 2 is 2.11 bits per heavy atom. The van der Waals surface area contributed by atoms with Gasteiger partial charge in [0.1, 0.15) is 5.52 Å². The third-order valence-corrected chi connectivity index (χ3v) is 5.81. The zero-order valence-electron chi connectivity index (χ0n) is 16.0. The predicted octanol–water partition coefficient (Wildman–Crippen LogP) is 2.24. The first kappa shape index (κ1) is 19.1. The molecule has 8 nitrogen and oxygen atoms in total. The van der Waals surface area contributed by atoms with Gasteiger partial charge in [-0.3, -0.25) is 4.90 Å². The normalized spacial score (nSPS) is 17.8. The summed E-state index contributed by atoms with van der Waals surface area (Å²) >= 11 is 0. The van der Waals surface area contributed by atoms with Gasteiger partial charge in [-0.2, -0.15) is 0 Å². The highest BCUT2D eigenvalue weighted by Gasteiger charge is 2.24. The van der Waals surface area contributed by atoms with Gasteiger partial charge >= 0.3 is 0 Å². The van der Waals surface area contributed by atoms with Crippen LogP contribution in [0.3, 0.4) is 0 Å². The average Bonchev–Trinajstić information content (AvgIpc) is 3.34. The molecular weight excluding hydrogens is 380 g/mol. The fraction of sp³-hybridized carbons (Fsp3) is 0.474. The van der Waals surface area contributed by atoms with Gasteiger partial charge in [0.15, 0.2) is 5.58 Å². The predicted molar refractivity (Wildman–Crippen MR) is 103 cm³/mol. The molecule has 3 heterocycles. The van der Waals surface area contributed by atoms with Gasteiger partial charge in [0.2, 0.25) is 20.9 Å². The van der Waals surface area contributed by atoms with Gasteiger partial charge in [-0.25, -0.2) is 18.4 Å². The molecule has 0 radical (unpaired) electrons. The van der Waals surface area contributed by atoms with E-state index in [-0.39, 0.29) is 11.3 Å². The molecule has 0 bridgehead atoms. The number of aromatic nitrogens is 3. The van der Waals surface area contributed by atoms with E-state index in [0.717, 1.165) is 36.2 Å². The summed E-state index contributed by atoms with van der Waals surface area (Å²) in [7, 11) is -1.48. The SMILES string of the molecule is CN(Cc1nc2ccccc2o1)Cc1cnc(S(C)(=O)=O)n1C[C@H]1CCCO1. The minimum absolute atomic E-state index is 0.0239. The maximum absolute atomic E-state index is 12.2. The Kier molecular flexibility index (Phi) is 5.22. The van der Waals surface area contributed by atoms with E-state index in [2.05, 4.69) is 9.97 Å². The maximum atomic E-state index is 12.2. The molecule has 150 valence electrons. The van der Waals surface area contributed by atoms with E-state index in [9.17, 15) is 8.42 Å². The Hall–Kier alpha value is -2.23. The number of hydrogen-bond donors (Lipinski definition) is 0. The van der Waals surface area contributed by atoms with Crippen LogP contribution in [-0.2, 0) is 34.2 Å². The van der Waals surface area contributed by atoms with E-state index in [4.69, 9.17) is 9.15 Å². The Balaban J connectivity index is 1.53. The van der Waals surface area contributed by atoms with Crippen molar-refractivity contribution < 1.29 is 17.6 Å². The van der Waals surface area contributed by atoms with Crippen LogP contribution in [0.5, 0.6) is 0 Å². The second-order valence-corrected chi connectivity index (χ2v) is 9.21. The Labute approximate surface area is 164 Å². The van der Waals surface area contributed by atoms with E-state index >= 15 is 0 Å². The van der Waals surface area contributed by atoms with E-state index in [1.807, 2.05) is 36.2 Å². The summed E-state index contributed by atoms with van der Waals surface area (Å²) in [5.74, 6) is 0.622. The Morgan fingerprint density at radius 1 is 1.29 bits per heavy atom. The zero-order chi connectivity index (χ0) is 19.7. The largest absolute Gasteiger partial charge is 0.439 e. The highest BCUT2D eigenvalue weighted by molar-refractivity contribution is 7.90. The number of ether oxygens (including phenoxy) is 1. The average molecular weight is 404 g/mol. The molecule has 1 aliphatic heterocycles. The number of fused-ring (bicyclic) bond motifs is 1. The molecule has 0 unspecified atom stereocenters. The molecule has 0 spiro atoms. The monoisotopic (exact) mass is 404 g/mol. The molecule has 2 aromatic heterocycles. The molecule has 0 aliphatic carbocycles. The van der Waals surface area contributed by atoms with Crippen molar-refractivity contribution in [3.8, 4) is 0 Å². The number of sulfone groups is 1. The van der Waals surface area contributed by atoms with Crippen LogP contribution in [0.4, 0.5) is 0 Å². The van der Waals surface area contributed by atoms with Crippen molar-refractivity contribution in [1.29, 1.82) is 0 Å². The first-order chi connectivity index (χ1) is 13.4. The summed E-state index contributed by atoms with van der Waals surface area (Å²) in [6.07, 6.45) is 4.78. The van der Waals surface area contributed by atoms with Crippen molar-refractivity contribution in [1.82, 2.24) is 19.4 Å². The van der Waals surface area contributed by atoms with Crippen LogP contribution in [0.2, 0.25) is 0 Å². The molecule has 0 amide bonds. The molecule has 1 aromatic carbocycles. The molecule has 9 heteroatoms. The number of benzene rings is 1. The lowest BCUT2D eigenvalue weighted by atomic mass is 10.2. The first-order valence-corrected chi connectivity index (χ1v) is 11.2. The number of nitrogens with zero attached hydrogens (tertiary/aromatic N) is 4. The van der Waals surface area contributed by atoms with Crippen molar-refractivity contribution >= 4 is 20.9 Å². The highest BCUT2D eigenvalue weighted by atomic mass is 32.2. The molecule has 3 aromatic rings. The molecule has 1 atom stereocenters. The molecular formula is C19H24N4O4S. The topological polar surface area (TPSA) is 90.5 Å². The molecule has 1 fully saturated rings. The van der Waals surface area contributed by atoms with Crippen LogP contribution < -0.4 is 0 Å². The summed E-state index contributed by atoms with van der Waals surface area (Å²) in [6.45, 7) is 2.25. The summed E-state index contributed by atoms with van der Waals surface area (Å²) in [5, 5.41) is 0.0910. The molecule has 28 heavy (non-hydrogen) atoms. The van der Waals surface area contributed by atoms with Crippen molar-refractivity contribution in [2.45, 2.75) is 43.7 Å². The van der Waals surface area contributed by atoms with Crippen LogP contribution in [0.25, 0.3) is 11.1 Å². The lowest BCUT2D eigenvalue weighted by molar-refractivity contribution is 0.0933. The van der Waals surface area contributed by atoms with Gasteiger partial charge in [0.05, 0.1) is 31.1 Å². The lowest BCUT2D eigenvalue weighted by Gasteiger charge is -2.19. The number of imidazole rings is 1. The quantitative estimate of drug-likeness (QED) is 0.596. The summed E-state index contributed by atoms with van der Waals surface area (Å²) in [4.78, 5) is 10.7. The first-order valence-electron chi connectivity index (χ1n) is 9.29. The second-order valence-electron chi connectivity index (χ2n) is 7.30. The number of para-hydroxylation sites is 2. The summed E-state index contributed by atoms with van der Waals surface area (Å²) < 4.78 is 37.6. The minimum atomic E-state index is -3.42. The van der Waals surface area contributed by atoms with Crippen LogP contribution in [0.15, 0.2) is 40.0 Å². The molecule has 0 N–H and O–H groups in total. The Bertz CT molecular complexity index is 1030. The zero-order valence-corrected chi connectivity index (χ0v) is 16.9. The van der Waals surface area contributed by atoms with Crippen LogP contribution in [0.1, 0.15) is 24.4 Å². The van der Waals surface area contributed by atoms with E-state index in [1.54, 1.807) is 10.8 Å². The minimum Gasteiger partial charge on any atom is -0.439 e. The number of rotatable bonds is 7. The third kappa shape index (κ3) is 4.11. The lowest BCUT2D eigenvalue weighted by Crippen LogP contribution is -2.24. The maximum Gasteiger partial charge on any atom is 0.227 e. The van der Waals surface area contributed by atoms with E-state index < -0.39 is 9.84 Å². The highest BCUT2D eigenvalue weighted by Crippen LogP contribution is 2.21. The Morgan fingerprint density at radius 3 is 2.82 bits per heavy atom. The third-order valence-electron chi connectivity index (χ3n) is 4.82.